The van der Waals surface area contributed by atoms with Crippen LogP contribution in [0.3, 0.4) is 0 Å². The number of hydrogen-bond donors (Lipinski definition) is 2. The molecule has 1 unspecified atom stereocenters. The maximum atomic E-state index is 10.8. The van der Waals surface area contributed by atoms with Crippen LogP contribution in [0.1, 0.15) is 5.56 Å². The van der Waals surface area contributed by atoms with Crippen LogP contribution in [-0.2, 0) is 11.2 Å². The number of halogens is 2. The molecule has 0 radical (unpaired) electrons. The topological polar surface area (TPSA) is 68.2 Å². The molecule has 0 spiro atoms. The van der Waals surface area contributed by atoms with E-state index in [1.807, 2.05) is 24.3 Å². The summed E-state index contributed by atoms with van der Waals surface area (Å²) in [6, 6.07) is 6.84. The highest BCUT2D eigenvalue weighted by molar-refractivity contribution is 9.12. The third kappa shape index (κ3) is 2.25. The van der Waals surface area contributed by atoms with E-state index in [0.29, 0.717) is 0 Å². The first-order valence-electron chi connectivity index (χ1n) is 4.94. The van der Waals surface area contributed by atoms with Crippen molar-refractivity contribution in [3.05, 3.63) is 34.4 Å². The molecule has 17 heavy (non-hydrogen) atoms. The van der Waals surface area contributed by atoms with Crippen molar-refractivity contribution in [1.82, 2.24) is 3.59 Å². The van der Waals surface area contributed by atoms with Crippen molar-refractivity contribution in [1.29, 1.82) is 0 Å². The monoisotopic (exact) mass is 360 g/mol. The highest BCUT2D eigenvalue weighted by Gasteiger charge is 2.19. The summed E-state index contributed by atoms with van der Waals surface area (Å²) in [5.41, 5.74) is 7.45. The van der Waals surface area contributed by atoms with Gasteiger partial charge < -0.3 is 10.8 Å². The molecule has 3 N–H and O–H groups in total. The molecule has 0 saturated carbocycles. The molecular formula is C11H10Br2N2O2. The minimum absolute atomic E-state index is 0.287. The number of carbonyl (C=O) groups is 1. The smallest absolute Gasteiger partial charge is 0.320 e. The molecule has 0 aliphatic heterocycles. The third-order valence-electron chi connectivity index (χ3n) is 2.60. The molecule has 1 heterocycles. The van der Waals surface area contributed by atoms with Crippen molar-refractivity contribution in [3.63, 3.8) is 0 Å². The van der Waals surface area contributed by atoms with E-state index in [4.69, 9.17) is 10.8 Å². The zero-order valence-electron chi connectivity index (χ0n) is 8.73. The Balaban J connectivity index is 2.53. The largest absolute Gasteiger partial charge is 0.480 e. The number of rotatable bonds is 3. The molecule has 2 rings (SSSR count). The summed E-state index contributed by atoms with van der Waals surface area (Å²) in [5.74, 6) is -0.997. The first kappa shape index (κ1) is 12.6. The number of aliphatic carboxylic acids is 1. The molecule has 0 fully saturated rings. The minimum Gasteiger partial charge on any atom is -0.480 e. The van der Waals surface area contributed by atoms with Gasteiger partial charge in [0.05, 0.1) is 26.3 Å². The Morgan fingerprint density at radius 1 is 1.47 bits per heavy atom. The summed E-state index contributed by atoms with van der Waals surface area (Å²) in [4.78, 5) is 10.8. The van der Waals surface area contributed by atoms with Gasteiger partial charge in [0, 0.05) is 11.8 Å². The van der Waals surface area contributed by atoms with E-state index in [9.17, 15) is 4.79 Å². The van der Waals surface area contributed by atoms with Gasteiger partial charge in [-0.3, -0.25) is 8.39 Å². The number of fused-ring (bicyclic) bond motifs is 1. The van der Waals surface area contributed by atoms with E-state index in [-0.39, 0.29) is 6.42 Å². The van der Waals surface area contributed by atoms with Gasteiger partial charge >= 0.3 is 5.97 Å². The molecule has 0 aliphatic rings. The van der Waals surface area contributed by atoms with Crippen LogP contribution in [0, 0.1) is 0 Å². The summed E-state index contributed by atoms with van der Waals surface area (Å²) < 4.78 is 2.60. The number of carboxylic acid groups (broad SMARTS) is 1. The van der Waals surface area contributed by atoms with Crippen LogP contribution < -0.4 is 5.73 Å². The Morgan fingerprint density at radius 3 is 2.76 bits per heavy atom. The molecule has 0 saturated heterocycles. The maximum Gasteiger partial charge on any atom is 0.320 e. The van der Waals surface area contributed by atoms with Crippen LogP contribution in [0.25, 0.3) is 10.9 Å². The van der Waals surface area contributed by atoms with Gasteiger partial charge in [0.1, 0.15) is 6.04 Å². The maximum absolute atomic E-state index is 10.8. The molecule has 90 valence electrons. The normalized spacial score (nSPS) is 12.9. The second-order valence-electron chi connectivity index (χ2n) is 3.72. The summed E-state index contributed by atoms with van der Waals surface area (Å²) in [5, 5.41) is 9.85. The third-order valence-corrected chi connectivity index (χ3v) is 4.65. The van der Waals surface area contributed by atoms with Crippen molar-refractivity contribution in [2.75, 3.05) is 0 Å². The molecule has 2 aromatic rings. The molecule has 0 aliphatic carbocycles. The van der Waals surface area contributed by atoms with Gasteiger partial charge in [0.15, 0.2) is 0 Å². The molecular weight excluding hydrogens is 352 g/mol. The van der Waals surface area contributed by atoms with Crippen molar-refractivity contribution < 1.29 is 9.90 Å². The number of para-hydroxylation sites is 1. The van der Waals surface area contributed by atoms with E-state index in [1.54, 1.807) is 3.59 Å². The molecule has 1 aromatic carbocycles. The average molecular weight is 362 g/mol. The fourth-order valence-corrected chi connectivity index (χ4v) is 2.83. The number of hydrogen-bond acceptors (Lipinski definition) is 2. The first-order chi connectivity index (χ1) is 8.02. The number of nitrogens with two attached hydrogens (primary N) is 1. The second-order valence-corrected chi connectivity index (χ2v) is 5.18. The van der Waals surface area contributed by atoms with Crippen molar-refractivity contribution in [2.24, 2.45) is 5.73 Å². The van der Waals surface area contributed by atoms with Gasteiger partial charge in [-0.15, -0.1) is 0 Å². The standard InChI is InChI=1S/C11H10Br2N2O2/c12-10-7(5-8(14)11(16)17)6-3-1-2-4-9(6)15(10)13/h1-4,8H,5,14H2,(H,16,17). The van der Waals surface area contributed by atoms with Crippen LogP contribution in [-0.4, -0.2) is 20.7 Å². The van der Waals surface area contributed by atoms with Crippen LogP contribution >= 0.6 is 32.1 Å². The first-order valence-corrected chi connectivity index (χ1v) is 6.45. The predicted molar refractivity (Wildman–Crippen MR) is 73.3 cm³/mol. The molecule has 1 aromatic heterocycles. The lowest BCUT2D eigenvalue weighted by molar-refractivity contribution is -0.138. The zero-order valence-corrected chi connectivity index (χ0v) is 11.9. The summed E-state index contributed by atoms with van der Waals surface area (Å²) in [6.45, 7) is 0. The average Bonchev–Trinajstić information content (AvgIpc) is 2.55. The fourth-order valence-electron chi connectivity index (χ4n) is 1.74. The van der Waals surface area contributed by atoms with E-state index in [2.05, 4.69) is 32.1 Å². The van der Waals surface area contributed by atoms with Gasteiger partial charge in [-0.2, -0.15) is 0 Å². The van der Waals surface area contributed by atoms with Crippen LogP contribution in [0.5, 0.6) is 0 Å². The van der Waals surface area contributed by atoms with E-state index < -0.39 is 12.0 Å². The molecule has 0 amide bonds. The number of aromatic nitrogens is 1. The lowest BCUT2D eigenvalue weighted by Gasteiger charge is -2.05. The highest BCUT2D eigenvalue weighted by Crippen LogP contribution is 2.32. The lowest BCUT2D eigenvalue weighted by atomic mass is 10.1. The Kier molecular flexibility index (Phi) is 3.56. The number of carboxylic acids is 1. The van der Waals surface area contributed by atoms with Gasteiger partial charge in [0.2, 0.25) is 0 Å². The molecule has 0 bridgehead atoms. The Labute approximate surface area is 115 Å². The quantitative estimate of drug-likeness (QED) is 0.882. The summed E-state index contributed by atoms with van der Waals surface area (Å²) in [7, 11) is 0. The van der Waals surface area contributed by atoms with Crippen molar-refractivity contribution >= 4 is 48.9 Å². The van der Waals surface area contributed by atoms with E-state index in [1.165, 1.54) is 0 Å². The van der Waals surface area contributed by atoms with E-state index in [0.717, 1.165) is 21.1 Å². The van der Waals surface area contributed by atoms with Gasteiger partial charge in [-0.05, 0) is 27.6 Å². The molecule has 4 nitrogen and oxygen atoms in total. The Morgan fingerprint density at radius 2 is 2.12 bits per heavy atom. The minimum atomic E-state index is -0.997. The summed E-state index contributed by atoms with van der Waals surface area (Å²) >= 11 is 6.85. The zero-order chi connectivity index (χ0) is 12.6. The Hall–Kier alpha value is -0.850. The van der Waals surface area contributed by atoms with Crippen LogP contribution in [0.15, 0.2) is 28.9 Å². The number of nitrogens with zero attached hydrogens (tertiary/aromatic N) is 1. The van der Waals surface area contributed by atoms with Gasteiger partial charge in [-0.1, -0.05) is 18.2 Å². The van der Waals surface area contributed by atoms with Gasteiger partial charge in [-0.25, -0.2) is 0 Å². The SMILES string of the molecule is NC(Cc1c(Br)n(Br)c2ccccc12)C(=O)O. The van der Waals surface area contributed by atoms with Crippen LogP contribution in [0.2, 0.25) is 0 Å². The van der Waals surface area contributed by atoms with E-state index >= 15 is 0 Å². The fraction of sp³-hybridized carbons (Fsp3) is 0.182. The summed E-state index contributed by atoms with van der Waals surface area (Å²) in [6.07, 6.45) is 0.287. The van der Waals surface area contributed by atoms with Crippen LogP contribution in [0.4, 0.5) is 0 Å². The van der Waals surface area contributed by atoms with Gasteiger partial charge in [0.25, 0.3) is 0 Å². The predicted octanol–water partition coefficient (Wildman–Crippen LogP) is 2.52. The number of benzene rings is 1. The van der Waals surface area contributed by atoms with Crippen molar-refractivity contribution in [2.45, 2.75) is 12.5 Å². The molecule has 1 atom stereocenters. The molecule has 6 heteroatoms. The lowest BCUT2D eigenvalue weighted by Crippen LogP contribution is -2.32. The highest BCUT2D eigenvalue weighted by atomic mass is 79.9. The Bertz CT molecular complexity index is 580. The van der Waals surface area contributed by atoms with Crippen molar-refractivity contribution in [3.8, 4) is 0 Å². The second kappa shape index (κ2) is 4.80.